The summed E-state index contributed by atoms with van der Waals surface area (Å²) >= 11 is 0. The average Bonchev–Trinajstić information content (AvgIpc) is 2.79. The molecule has 1 heterocycles. The highest BCUT2D eigenvalue weighted by Crippen LogP contribution is 2.19. The van der Waals surface area contributed by atoms with Crippen molar-refractivity contribution in [3.05, 3.63) is 53.0 Å². The average molecular weight is 245 g/mol. The fourth-order valence-corrected chi connectivity index (χ4v) is 1.79. The summed E-state index contributed by atoms with van der Waals surface area (Å²) in [6, 6.07) is 8.08. The van der Waals surface area contributed by atoms with E-state index >= 15 is 0 Å². The van der Waals surface area contributed by atoms with Crippen LogP contribution in [0.3, 0.4) is 0 Å². The van der Waals surface area contributed by atoms with Crippen LogP contribution >= 0.6 is 0 Å². The molecule has 0 saturated heterocycles. The van der Waals surface area contributed by atoms with Crippen LogP contribution in [0.5, 0.6) is 5.75 Å². The molecule has 0 saturated carbocycles. The third-order valence-corrected chi connectivity index (χ3v) is 3.05. The van der Waals surface area contributed by atoms with Crippen molar-refractivity contribution in [3.63, 3.8) is 0 Å². The lowest BCUT2D eigenvalue weighted by Gasteiger charge is -2.08. The van der Waals surface area contributed by atoms with Crippen LogP contribution in [-0.4, -0.2) is 7.05 Å². The van der Waals surface area contributed by atoms with E-state index < -0.39 is 0 Å². The molecule has 2 aromatic rings. The Bertz CT molecular complexity index is 517. The van der Waals surface area contributed by atoms with Gasteiger partial charge in [0.15, 0.2) is 0 Å². The second kappa shape index (κ2) is 5.74. The number of aryl methyl sites for hydroxylation is 2. The van der Waals surface area contributed by atoms with Gasteiger partial charge in [-0.2, -0.15) is 0 Å². The molecule has 18 heavy (non-hydrogen) atoms. The van der Waals surface area contributed by atoms with Gasteiger partial charge in [-0.05, 0) is 50.2 Å². The predicted octanol–water partition coefficient (Wildman–Crippen LogP) is 3.19. The lowest BCUT2D eigenvalue weighted by molar-refractivity contribution is 0.268. The maximum atomic E-state index is 5.75. The zero-order valence-corrected chi connectivity index (χ0v) is 11.1. The Balaban J connectivity index is 2.02. The fraction of sp³-hybridized carbons (Fsp3) is 0.333. The maximum Gasteiger partial charge on any atom is 0.146 e. The summed E-state index contributed by atoms with van der Waals surface area (Å²) in [7, 11) is 1.92. The van der Waals surface area contributed by atoms with E-state index in [4.69, 9.17) is 9.15 Å². The SMILES string of the molecule is CNCc1ccoc1COc1ccc(C)c(C)c1. The van der Waals surface area contributed by atoms with Crippen LogP contribution in [0, 0.1) is 13.8 Å². The first-order valence-electron chi connectivity index (χ1n) is 6.10. The summed E-state index contributed by atoms with van der Waals surface area (Å²) in [5, 5.41) is 3.11. The van der Waals surface area contributed by atoms with Gasteiger partial charge in [-0.15, -0.1) is 0 Å². The van der Waals surface area contributed by atoms with Crippen molar-refractivity contribution in [2.24, 2.45) is 0 Å². The molecule has 1 aromatic heterocycles. The molecule has 3 heteroatoms. The van der Waals surface area contributed by atoms with Gasteiger partial charge in [0, 0.05) is 12.1 Å². The van der Waals surface area contributed by atoms with Gasteiger partial charge < -0.3 is 14.5 Å². The molecular weight excluding hydrogens is 226 g/mol. The number of hydrogen-bond donors (Lipinski definition) is 1. The molecule has 0 unspecified atom stereocenters. The highest BCUT2D eigenvalue weighted by atomic mass is 16.5. The zero-order valence-electron chi connectivity index (χ0n) is 11.1. The van der Waals surface area contributed by atoms with Crippen molar-refractivity contribution in [1.29, 1.82) is 0 Å². The van der Waals surface area contributed by atoms with E-state index in [0.29, 0.717) is 6.61 Å². The highest BCUT2D eigenvalue weighted by molar-refractivity contribution is 5.34. The minimum atomic E-state index is 0.465. The molecule has 0 spiro atoms. The molecule has 0 fully saturated rings. The lowest BCUT2D eigenvalue weighted by atomic mass is 10.1. The molecule has 0 atom stereocenters. The van der Waals surface area contributed by atoms with Crippen molar-refractivity contribution >= 4 is 0 Å². The Morgan fingerprint density at radius 3 is 2.72 bits per heavy atom. The molecule has 1 N–H and O–H groups in total. The first kappa shape index (κ1) is 12.7. The number of furan rings is 1. The molecule has 0 amide bonds. The Hall–Kier alpha value is -1.74. The largest absolute Gasteiger partial charge is 0.486 e. The smallest absolute Gasteiger partial charge is 0.146 e. The van der Waals surface area contributed by atoms with Crippen molar-refractivity contribution < 1.29 is 9.15 Å². The Kier molecular flexibility index (Phi) is 4.05. The van der Waals surface area contributed by atoms with Crippen LogP contribution in [0.15, 0.2) is 34.9 Å². The van der Waals surface area contributed by atoms with Crippen molar-refractivity contribution in [2.45, 2.75) is 27.0 Å². The van der Waals surface area contributed by atoms with E-state index in [1.54, 1.807) is 6.26 Å². The van der Waals surface area contributed by atoms with Crippen LogP contribution in [0.4, 0.5) is 0 Å². The molecule has 2 rings (SSSR count). The number of benzene rings is 1. The summed E-state index contributed by atoms with van der Waals surface area (Å²) in [5.74, 6) is 1.76. The van der Waals surface area contributed by atoms with Crippen molar-refractivity contribution in [2.75, 3.05) is 7.05 Å². The van der Waals surface area contributed by atoms with E-state index in [0.717, 1.165) is 23.6 Å². The van der Waals surface area contributed by atoms with Crippen LogP contribution in [0.2, 0.25) is 0 Å². The number of ether oxygens (including phenoxy) is 1. The number of nitrogens with one attached hydrogen (secondary N) is 1. The molecule has 1 aromatic carbocycles. The molecule has 0 aliphatic carbocycles. The van der Waals surface area contributed by atoms with Gasteiger partial charge >= 0.3 is 0 Å². The van der Waals surface area contributed by atoms with Crippen molar-refractivity contribution in [1.82, 2.24) is 5.32 Å². The Labute approximate surface area is 108 Å². The molecular formula is C15H19NO2. The summed E-state index contributed by atoms with van der Waals surface area (Å²) < 4.78 is 11.2. The molecule has 0 aliphatic heterocycles. The van der Waals surface area contributed by atoms with E-state index in [2.05, 4.69) is 31.3 Å². The minimum absolute atomic E-state index is 0.465. The van der Waals surface area contributed by atoms with Gasteiger partial charge in [0.2, 0.25) is 0 Å². The van der Waals surface area contributed by atoms with Gasteiger partial charge in [0.1, 0.15) is 18.1 Å². The molecule has 3 nitrogen and oxygen atoms in total. The first-order valence-corrected chi connectivity index (χ1v) is 6.10. The number of hydrogen-bond acceptors (Lipinski definition) is 3. The van der Waals surface area contributed by atoms with Gasteiger partial charge in [-0.25, -0.2) is 0 Å². The standard InChI is InChI=1S/C15H19NO2/c1-11-4-5-14(8-12(11)2)18-10-15-13(9-16-3)6-7-17-15/h4-8,16H,9-10H2,1-3H3. The third-order valence-electron chi connectivity index (χ3n) is 3.05. The van der Waals surface area contributed by atoms with Crippen LogP contribution in [0.1, 0.15) is 22.5 Å². The summed E-state index contributed by atoms with van der Waals surface area (Å²) in [6.45, 7) is 5.44. The summed E-state index contributed by atoms with van der Waals surface area (Å²) in [4.78, 5) is 0. The Morgan fingerprint density at radius 1 is 1.17 bits per heavy atom. The van der Waals surface area contributed by atoms with E-state index in [9.17, 15) is 0 Å². The molecule has 0 aliphatic rings. The van der Waals surface area contributed by atoms with E-state index in [1.165, 1.54) is 11.1 Å². The zero-order chi connectivity index (χ0) is 13.0. The fourth-order valence-electron chi connectivity index (χ4n) is 1.79. The van der Waals surface area contributed by atoms with Gasteiger partial charge in [0.05, 0.1) is 6.26 Å². The van der Waals surface area contributed by atoms with E-state index in [1.807, 2.05) is 19.2 Å². The molecule has 0 bridgehead atoms. The molecule has 96 valence electrons. The number of rotatable bonds is 5. The topological polar surface area (TPSA) is 34.4 Å². The van der Waals surface area contributed by atoms with Crippen molar-refractivity contribution in [3.8, 4) is 5.75 Å². The second-order valence-corrected chi connectivity index (χ2v) is 4.43. The first-order chi connectivity index (χ1) is 8.70. The minimum Gasteiger partial charge on any atom is -0.486 e. The van der Waals surface area contributed by atoms with Crippen LogP contribution in [0.25, 0.3) is 0 Å². The summed E-state index contributed by atoms with van der Waals surface area (Å²) in [5.41, 5.74) is 3.65. The van der Waals surface area contributed by atoms with Gasteiger partial charge in [-0.3, -0.25) is 0 Å². The predicted molar refractivity (Wildman–Crippen MR) is 71.7 cm³/mol. The van der Waals surface area contributed by atoms with Gasteiger partial charge in [0.25, 0.3) is 0 Å². The van der Waals surface area contributed by atoms with Crippen LogP contribution in [-0.2, 0) is 13.2 Å². The monoisotopic (exact) mass is 245 g/mol. The summed E-state index contributed by atoms with van der Waals surface area (Å²) in [6.07, 6.45) is 1.70. The highest BCUT2D eigenvalue weighted by Gasteiger charge is 2.06. The quantitative estimate of drug-likeness (QED) is 0.878. The van der Waals surface area contributed by atoms with Crippen LogP contribution < -0.4 is 10.1 Å². The maximum absolute atomic E-state index is 5.75. The Morgan fingerprint density at radius 2 is 2.00 bits per heavy atom. The van der Waals surface area contributed by atoms with Gasteiger partial charge in [-0.1, -0.05) is 6.07 Å². The second-order valence-electron chi connectivity index (χ2n) is 4.43. The molecule has 0 radical (unpaired) electrons. The normalized spacial score (nSPS) is 10.6. The lowest BCUT2D eigenvalue weighted by Crippen LogP contribution is -2.07. The van der Waals surface area contributed by atoms with E-state index in [-0.39, 0.29) is 0 Å². The third kappa shape index (κ3) is 2.93.